The highest BCUT2D eigenvalue weighted by atomic mass is 35.5. The molecule has 0 spiro atoms. The summed E-state index contributed by atoms with van der Waals surface area (Å²) in [6, 6.07) is 12.6. The Kier molecular flexibility index (Phi) is 5.68. The second-order valence-corrected chi connectivity index (χ2v) is 11.3. The van der Waals surface area contributed by atoms with Gasteiger partial charge < -0.3 is 4.90 Å². The van der Waals surface area contributed by atoms with Crippen molar-refractivity contribution in [3.8, 4) is 0 Å². The molecule has 2 fully saturated rings. The topological polar surface area (TPSA) is 66.8 Å². The lowest BCUT2D eigenvalue weighted by Crippen LogP contribution is -2.38. The molecule has 1 amide bonds. The first-order chi connectivity index (χ1) is 13.7. The molecule has 152 valence electrons. The van der Waals surface area contributed by atoms with Crippen molar-refractivity contribution < 1.29 is 13.2 Å². The van der Waals surface area contributed by atoms with E-state index in [1.807, 2.05) is 31.2 Å². The molecule has 2 aromatic rings. The van der Waals surface area contributed by atoms with Crippen LogP contribution in [0.2, 0.25) is 10.0 Å². The molecule has 0 unspecified atom stereocenters. The van der Waals surface area contributed by atoms with Gasteiger partial charge in [0.15, 0.2) is 15.0 Å². The van der Waals surface area contributed by atoms with Crippen molar-refractivity contribution in [2.45, 2.75) is 24.6 Å². The fourth-order valence-electron chi connectivity index (χ4n) is 3.55. The Labute approximate surface area is 184 Å². The van der Waals surface area contributed by atoms with Gasteiger partial charge >= 0.3 is 0 Å². The molecule has 9 heteroatoms. The van der Waals surface area contributed by atoms with E-state index in [0.29, 0.717) is 20.9 Å². The van der Waals surface area contributed by atoms with Crippen LogP contribution >= 0.6 is 35.0 Å². The number of nitrogens with zero attached hydrogens (tertiary/aromatic N) is 2. The number of amides is 1. The van der Waals surface area contributed by atoms with Gasteiger partial charge in [0, 0.05) is 5.25 Å². The van der Waals surface area contributed by atoms with E-state index < -0.39 is 9.84 Å². The van der Waals surface area contributed by atoms with E-state index in [-0.39, 0.29) is 35.1 Å². The number of hydrogen-bond donors (Lipinski definition) is 0. The summed E-state index contributed by atoms with van der Waals surface area (Å²) in [6.07, 6.45) is 0.176. The molecule has 4 rings (SSSR count). The van der Waals surface area contributed by atoms with Gasteiger partial charge in [-0.15, -0.1) is 0 Å². The molecule has 2 heterocycles. The second-order valence-electron chi connectivity index (χ2n) is 7.19. The third kappa shape index (κ3) is 4.33. The number of benzene rings is 2. The van der Waals surface area contributed by atoms with E-state index in [1.165, 1.54) is 11.8 Å². The number of amidine groups is 1. The van der Waals surface area contributed by atoms with Crippen molar-refractivity contribution in [3.05, 3.63) is 63.6 Å². The number of halogens is 2. The van der Waals surface area contributed by atoms with Gasteiger partial charge in [-0.05, 0) is 24.6 Å². The number of hydrogen-bond acceptors (Lipinski definition) is 4. The molecule has 0 saturated carbocycles. The number of thioether (sulfide) groups is 1. The summed E-state index contributed by atoms with van der Waals surface area (Å²) in [7, 11) is -3.15. The van der Waals surface area contributed by atoms with Crippen LogP contribution < -0.4 is 4.90 Å². The number of aliphatic imine (C=N–C) groups is 1. The fraction of sp³-hybridized carbons (Fsp3) is 0.300. The third-order valence-corrected chi connectivity index (χ3v) is 8.97. The number of carbonyl (C=O) groups is 1. The molecule has 0 N–H and O–H groups in total. The van der Waals surface area contributed by atoms with E-state index >= 15 is 0 Å². The Morgan fingerprint density at radius 1 is 1.17 bits per heavy atom. The normalized spacial score (nSPS) is 24.1. The van der Waals surface area contributed by atoms with Gasteiger partial charge in [0.2, 0.25) is 0 Å². The van der Waals surface area contributed by atoms with Crippen LogP contribution in [0.4, 0.5) is 5.69 Å². The average molecular weight is 469 g/mol. The Hall–Kier alpha value is -1.54. The first-order valence-electron chi connectivity index (χ1n) is 9.01. The zero-order chi connectivity index (χ0) is 20.8. The summed E-state index contributed by atoms with van der Waals surface area (Å²) in [5.74, 6) is -0.233. The predicted molar refractivity (Wildman–Crippen MR) is 120 cm³/mol. The molecule has 29 heavy (non-hydrogen) atoms. The maximum absolute atomic E-state index is 12.6. The van der Waals surface area contributed by atoms with Crippen molar-refractivity contribution in [1.82, 2.24) is 0 Å². The van der Waals surface area contributed by atoms with Crippen molar-refractivity contribution >= 4 is 61.6 Å². The van der Waals surface area contributed by atoms with Crippen LogP contribution in [0.25, 0.3) is 0 Å². The van der Waals surface area contributed by atoms with Gasteiger partial charge in [-0.3, -0.25) is 4.79 Å². The number of carbonyl (C=O) groups excluding carboxylic acids is 1. The van der Waals surface area contributed by atoms with E-state index in [4.69, 9.17) is 23.2 Å². The Morgan fingerprint density at radius 3 is 2.62 bits per heavy atom. The molecule has 0 aliphatic carbocycles. The maximum atomic E-state index is 12.6. The SMILES string of the molecule is Cc1ccc(CC(=O)N=C2S[C@@H]3CS(=O)(=O)C[C@@H]3N2c2cccc(Cl)c2Cl)cc1. The molecule has 5 nitrogen and oxygen atoms in total. The zero-order valence-electron chi connectivity index (χ0n) is 15.5. The van der Waals surface area contributed by atoms with E-state index in [0.717, 1.165) is 11.1 Å². The van der Waals surface area contributed by atoms with Crippen LogP contribution in [0.5, 0.6) is 0 Å². The maximum Gasteiger partial charge on any atom is 0.252 e. The highest BCUT2D eigenvalue weighted by Gasteiger charge is 2.49. The smallest absolute Gasteiger partial charge is 0.252 e. The Bertz CT molecular complexity index is 1100. The quantitative estimate of drug-likeness (QED) is 0.676. The Balaban J connectivity index is 1.67. The number of fused-ring (bicyclic) bond motifs is 1. The van der Waals surface area contributed by atoms with E-state index in [1.54, 1.807) is 23.1 Å². The zero-order valence-corrected chi connectivity index (χ0v) is 18.7. The lowest BCUT2D eigenvalue weighted by atomic mass is 10.1. The summed E-state index contributed by atoms with van der Waals surface area (Å²) >= 11 is 13.9. The number of rotatable bonds is 3. The monoisotopic (exact) mass is 468 g/mol. The van der Waals surface area contributed by atoms with Crippen LogP contribution in [0.3, 0.4) is 0 Å². The van der Waals surface area contributed by atoms with Crippen molar-refractivity contribution in [1.29, 1.82) is 0 Å². The summed E-state index contributed by atoms with van der Waals surface area (Å²) < 4.78 is 24.3. The third-order valence-electron chi connectivity index (χ3n) is 4.95. The average Bonchev–Trinajstić information content (AvgIpc) is 3.10. The van der Waals surface area contributed by atoms with Crippen LogP contribution in [-0.4, -0.2) is 42.3 Å². The molecule has 2 aromatic carbocycles. The van der Waals surface area contributed by atoms with Crippen LogP contribution in [0.1, 0.15) is 11.1 Å². The summed E-state index contributed by atoms with van der Waals surface area (Å²) in [5.41, 5.74) is 2.57. The van der Waals surface area contributed by atoms with Crippen molar-refractivity contribution in [2.75, 3.05) is 16.4 Å². The molecule has 0 radical (unpaired) electrons. The van der Waals surface area contributed by atoms with Crippen molar-refractivity contribution in [3.63, 3.8) is 0 Å². The summed E-state index contributed by atoms with van der Waals surface area (Å²) in [6.45, 7) is 1.99. The van der Waals surface area contributed by atoms with Gasteiger partial charge in [0.1, 0.15) is 0 Å². The minimum absolute atomic E-state index is 0.00131. The van der Waals surface area contributed by atoms with Crippen LogP contribution in [-0.2, 0) is 21.1 Å². The first kappa shape index (κ1) is 20.7. The lowest BCUT2D eigenvalue weighted by Gasteiger charge is -2.25. The van der Waals surface area contributed by atoms with E-state index in [2.05, 4.69) is 4.99 Å². The Morgan fingerprint density at radius 2 is 1.90 bits per heavy atom. The van der Waals surface area contributed by atoms with Crippen LogP contribution in [0.15, 0.2) is 47.5 Å². The molecule has 2 aliphatic heterocycles. The van der Waals surface area contributed by atoms with Crippen molar-refractivity contribution in [2.24, 2.45) is 4.99 Å². The van der Waals surface area contributed by atoms with Gasteiger partial charge in [-0.1, -0.05) is 70.9 Å². The van der Waals surface area contributed by atoms with Gasteiger partial charge in [-0.2, -0.15) is 4.99 Å². The number of aryl methyl sites for hydroxylation is 1. The number of anilines is 1. The second kappa shape index (κ2) is 7.95. The van der Waals surface area contributed by atoms with Gasteiger partial charge in [0.05, 0.1) is 39.7 Å². The molecule has 2 atom stereocenters. The molecule has 2 saturated heterocycles. The molecule has 0 aromatic heterocycles. The highest BCUT2D eigenvalue weighted by Crippen LogP contribution is 2.44. The molecule has 2 aliphatic rings. The lowest BCUT2D eigenvalue weighted by molar-refractivity contribution is -0.117. The fourth-order valence-corrected chi connectivity index (χ4v) is 7.86. The minimum Gasteiger partial charge on any atom is -0.314 e. The largest absolute Gasteiger partial charge is 0.314 e. The summed E-state index contributed by atoms with van der Waals surface area (Å²) in [4.78, 5) is 18.7. The highest BCUT2D eigenvalue weighted by molar-refractivity contribution is 8.16. The van der Waals surface area contributed by atoms with E-state index in [9.17, 15) is 13.2 Å². The van der Waals surface area contributed by atoms with Gasteiger partial charge in [-0.25, -0.2) is 8.42 Å². The predicted octanol–water partition coefficient (Wildman–Crippen LogP) is 4.15. The van der Waals surface area contributed by atoms with Gasteiger partial charge in [0.25, 0.3) is 5.91 Å². The standard InChI is InChI=1S/C20H18Cl2N2O3S2/c1-12-5-7-13(8-6-12)9-18(25)23-20-24(15-4-2-3-14(21)19(15)22)16-10-29(26,27)11-17(16)28-20/h2-8,16-17H,9-11H2,1H3/t16-,17+/m0/s1. The summed E-state index contributed by atoms with van der Waals surface area (Å²) in [5, 5.41) is 0.958. The molecule has 0 bridgehead atoms. The molecular formula is C20H18Cl2N2O3S2. The van der Waals surface area contributed by atoms with Crippen LogP contribution in [0, 0.1) is 6.92 Å². The number of sulfone groups is 1. The first-order valence-corrected chi connectivity index (χ1v) is 12.5. The molecular weight excluding hydrogens is 451 g/mol. The minimum atomic E-state index is -3.15.